The molecule has 4 nitrogen and oxygen atoms in total. The summed E-state index contributed by atoms with van der Waals surface area (Å²) in [5, 5.41) is 9.40. The van der Waals surface area contributed by atoms with Crippen LogP contribution in [0.2, 0.25) is 0 Å². The van der Waals surface area contributed by atoms with Gasteiger partial charge in [-0.25, -0.2) is 0 Å². The van der Waals surface area contributed by atoms with Gasteiger partial charge >= 0.3 is 0 Å². The molecule has 2 aliphatic rings. The molecular weight excluding hydrogens is 218 g/mol. The molecule has 3 rings (SSSR count). The summed E-state index contributed by atoms with van der Waals surface area (Å²) in [4.78, 5) is 13.1. The molecule has 1 aliphatic carbocycles. The van der Waals surface area contributed by atoms with Gasteiger partial charge in [-0.05, 0) is 30.5 Å². The molecule has 0 radical (unpaired) electrons. The summed E-state index contributed by atoms with van der Waals surface area (Å²) in [6.45, 7) is 0.277. The van der Waals surface area contributed by atoms with Crippen LogP contribution in [0.25, 0.3) is 0 Å². The van der Waals surface area contributed by atoms with Crippen molar-refractivity contribution in [1.29, 1.82) is 0 Å². The lowest BCUT2D eigenvalue weighted by Gasteiger charge is -2.27. The average Bonchev–Trinajstić information content (AvgIpc) is 3.15. The monoisotopic (exact) mass is 233 g/mol. The van der Waals surface area contributed by atoms with E-state index in [4.69, 9.17) is 4.74 Å². The van der Waals surface area contributed by atoms with Crippen molar-refractivity contribution < 1.29 is 14.6 Å². The van der Waals surface area contributed by atoms with E-state index in [0.29, 0.717) is 0 Å². The number of rotatable bonds is 2. The summed E-state index contributed by atoms with van der Waals surface area (Å²) < 4.78 is 5.44. The Kier molecular flexibility index (Phi) is 2.16. The molecule has 0 spiro atoms. The van der Waals surface area contributed by atoms with E-state index in [2.05, 4.69) is 0 Å². The van der Waals surface area contributed by atoms with Crippen LogP contribution in [0.3, 0.4) is 0 Å². The first kappa shape index (κ1) is 10.6. The summed E-state index contributed by atoms with van der Waals surface area (Å²) in [7, 11) is 1.75. The number of anilines is 1. The molecule has 1 fully saturated rings. The minimum absolute atomic E-state index is 0.0338. The normalized spacial score (nSPS) is 20.8. The van der Waals surface area contributed by atoms with Gasteiger partial charge in [0.25, 0.3) is 5.91 Å². The van der Waals surface area contributed by atoms with E-state index in [1.807, 2.05) is 18.2 Å². The molecular formula is C13H15NO3. The number of carbonyl (C=O) groups excluding carboxylic acids is 1. The van der Waals surface area contributed by atoms with E-state index in [1.54, 1.807) is 11.9 Å². The van der Waals surface area contributed by atoms with Crippen LogP contribution in [0.4, 0.5) is 5.69 Å². The van der Waals surface area contributed by atoms with Crippen molar-refractivity contribution in [3.8, 4) is 5.75 Å². The quantitative estimate of drug-likeness (QED) is 0.831. The van der Waals surface area contributed by atoms with Crippen LogP contribution in [-0.2, 0) is 10.2 Å². The lowest BCUT2D eigenvalue weighted by molar-refractivity contribution is -0.120. The number of hydrogen-bond acceptors (Lipinski definition) is 3. The highest BCUT2D eigenvalue weighted by Gasteiger charge is 2.44. The third-order valence-electron chi connectivity index (χ3n) is 3.82. The Morgan fingerprint density at radius 1 is 1.47 bits per heavy atom. The number of hydrogen-bond donors (Lipinski definition) is 1. The molecule has 90 valence electrons. The van der Waals surface area contributed by atoms with Crippen molar-refractivity contribution >= 4 is 11.6 Å². The third-order valence-corrected chi connectivity index (χ3v) is 3.82. The van der Waals surface area contributed by atoms with E-state index >= 15 is 0 Å². The number of fused-ring (bicyclic) bond motifs is 1. The third kappa shape index (κ3) is 1.52. The molecule has 17 heavy (non-hydrogen) atoms. The van der Waals surface area contributed by atoms with Gasteiger partial charge in [-0.15, -0.1) is 0 Å². The maximum atomic E-state index is 11.5. The zero-order valence-corrected chi connectivity index (χ0v) is 9.77. The molecule has 1 aliphatic heterocycles. The summed E-state index contributed by atoms with van der Waals surface area (Å²) >= 11 is 0. The van der Waals surface area contributed by atoms with Gasteiger partial charge < -0.3 is 14.7 Å². The van der Waals surface area contributed by atoms with E-state index in [1.165, 1.54) is 0 Å². The highest BCUT2D eigenvalue weighted by atomic mass is 16.5. The number of aliphatic hydroxyl groups is 1. The van der Waals surface area contributed by atoms with E-state index < -0.39 is 0 Å². The molecule has 1 aromatic rings. The molecule has 0 unspecified atom stereocenters. The van der Waals surface area contributed by atoms with Crippen LogP contribution in [-0.4, -0.2) is 31.3 Å². The highest BCUT2D eigenvalue weighted by Crippen LogP contribution is 2.49. The van der Waals surface area contributed by atoms with Gasteiger partial charge in [-0.1, -0.05) is 6.07 Å². The van der Waals surface area contributed by atoms with Gasteiger partial charge in [-0.3, -0.25) is 4.79 Å². The highest BCUT2D eigenvalue weighted by molar-refractivity contribution is 5.97. The Labute approximate surface area is 99.8 Å². The number of ether oxygens (including phenoxy) is 1. The molecule has 1 heterocycles. The second-order valence-electron chi connectivity index (χ2n) is 4.86. The molecule has 1 aromatic carbocycles. The minimum atomic E-state index is -0.0571. The number of nitrogens with zero attached hydrogens (tertiary/aromatic N) is 1. The van der Waals surface area contributed by atoms with Crippen LogP contribution < -0.4 is 9.64 Å². The molecule has 1 amide bonds. The van der Waals surface area contributed by atoms with Gasteiger partial charge in [0.2, 0.25) is 0 Å². The number of amides is 1. The summed E-state index contributed by atoms with van der Waals surface area (Å²) in [6.07, 6.45) is 2.05. The first-order valence-electron chi connectivity index (χ1n) is 5.81. The Balaban J connectivity index is 2.00. The van der Waals surface area contributed by atoms with Crippen molar-refractivity contribution in [1.82, 2.24) is 0 Å². The number of aliphatic hydroxyl groups excluding tert-OH is 1. The second-order valence-corrected chi connectivity index (χ2v) is 4.86. The van der Waals surface area contributed by atoms with Gasteiger partial charge in [0, 0.05) is 12.5 Å². The zero-order chi connectivity index (χ0) is 12.0. The molecule has 0 bridgehead atoms. The smallest absolute Gasteiger partial charge is 0.264 e. The van der Waals surface area contributed by atoms with Crippen molar-refractivity contribution in [3.05, 3.63) is 23.8 Å². The molecule has 0 atom stereocenters. The van der Waals surface area contributed by atoms with Crippen LogP contribution in [0.1, 0.15) is 18.4 Å². The van der Waals surface area contributed by atoms with E-state index in [-0.39, 0.29) is 24.5 Å². The Morgan fingerprint density at radius 3 is 2.88 bits per heavy atom. The molecule has 4 heteroatoms. The van der Waals surface area contributed by atoms with Crippen molar-refractivity contribution in [2.75, 3.05) is 25.2 Å². The lowest BCUT2D eigenvalue weighted by atomic mass is 9.96. The summed E-state index contributed by atoms with van der Waals surface area (Å²) in [6, 6.07) is 5.85. The standard InChI is InChI=1S/C13H15NO3/c1-14-10-3-2-9(13(8-15)4-5-13)6-11(10)17-7-12(14)16/h2-3,6,15H,4-5,7-8H2,1H3. The van der Waals surface area contributed by atoms with Gasteiger partial charge in [0.15, 0.2) is 6.61 Å². The molecule has 1 saturated carbocycles. The SMILES string of the molecule is CN1C(=O)COc2cc(C3(CO)CC3)ccc21. The molecule has 0 aromatic heterocycles. The summed E-state index contributed by atoms with van der Waals surface area (Å²) in [5.41, 5.74) is 1.86. The summed E-state index contributed by atoms with van der Waals surface area (Å²) in [5.74, 6) is 0.706. The maximum Gasteiger partial charge on any atom is 0.264 e. The largest absolute Gasteiger partial charge is 0.482 e. The van der Waals surface area contributed by atoms with Crippen molar-refractivity contribution in [3.63, 3.8) is 0 Å². The predicted octanol–water partition coefficient (Wildman–Crippen LogP) is 1.07. The van der Waals surface area contributed by atoms with Gasteiger partial charge in [-0.2, -0.15) is 0 Å². The second kappa shape index (κ2) is 3.47. The Bertz CT molecular complexity index is 480. The first-order valence-corrected chi connectivity index (χ1v) is 5.81. The lowest BCUT2D eigenvalue weighted by Crippen LogP contribution is -2.35. The topological polar surface area (TPSA) is 49.8 Å². The fourth-order valence-corrected chi connectivity index (χ4v) is 2.30. The zero-order valence-electron chi connectivity index (χ0n) is 9.77. The van der Waals surface area contributed by atoms with Gasteiger partial charge in [0.1, 0.15) is 5.75 Å². The number of likely N-dealkylation sites (N-methyl/N-ethyl adjacent to an activating group) is 1. The Morgan fingerprint density at radius 2 is 2.24 bits per heavy atom. The van der Waals surface area contributed by atoms with E-state index in [9.17, 15) is 9.90 Å². The number of carbonyl (C=O) groups is 1. The fourth-order valence-electron chi connectivity index (χ4n) is 2.30. The van der Waals surface area contributed by atoms with Crippen molar-refractivity contribution in [2.45, 2.75) is 18.3 Å². The van der Waals surface area contributed by atoms with Crippen LogP contribution in [0.15, 0.2) is 18.2 Å². The average molecular weight is 233 g/mol. The predicted molar refractivity (Wildman–Crippen MR) is 63.3 cm³/mol. The van der Waals surface area contributed by atoms with Gasteiger partial charge in [0.05, 0.1) is 12.3 Å². The van der Waals surface area contributed by atoms with Crippen LogP contribution in [0.5, 0.6) is 5.75 Å². The molecule has 1 N–H and O–H groups in total. The minimum Gasteiger partial charge on any atom is -0.482 e. The molecule has 0 saturated heterocycles. The van der Waals surface area contributed by atoms with Crippen LogP contribution >= 0.6 is 0 Å². The maximum absolute atomic E-state index is 11.5. The van der Waals surface area contributed by atoms with E-state index in [0.717, 1.165) is 29.8 Å². The van der Waals surface area contributed by atoms with Crippen molar-refractivity contribution in [2.24, 2.45) is 0 Å². The number of benzene rings is 1. The van der Waals surface area contributed by atoms with Crippen LogP contribution in [0, 0.1) is 0 Å². The Hall–Kier alpha value is -1.55. The fraction of sp³-hybridized carbons (Fsp3) is 0.462. The first-order chi connectivity index (χ1) is 8.16.